The van der Waals surface area contributed by atoms with E-state index >= 15 is 0 Å². The maximum atomic E-state index is 12.6. The first-order chi connectivity index (χ1) is 13.2. The van der Waals surface area contributed by atoms with Gasteiger partial charge in [0.15, 0.2) is 16.7 Å². The second-order valence-electron chi connectivity index (χ2n) is 6.32. The first-order valence-electron chi connectivity index (χ1n) is 8.80. The fourth-order valence-corrected chi connectivity index (χ4v) is 3.90. The number of hydrogen-bond donors (Lipinski definition) is 0. The molecule has 0 unspecified atom stereocenters. The van der Waals surface area contributed by atoms with Crippen LogP contribution < -0.4 is 0 Å². The molecular weight excluding hydrogens is 360 g/mol. The summed E-state index contributed by atoms with van der Waals surface area (Å²) in [4.78, 5) is 14.5. The van der Waals surface area contributed by atoms with Crippen molar-refractivity contribution < 1.29 is 9.21 Å². The number of amides is 1. The summed E-state index contributed by atoms with van der Waals surface area (Å²) in [6.07, 6.45) is 4.64. The highest BCUT2D eigenvalue weighted by Gasteiger charge is 2.20. The quantitative estimate of drug-likeness (QED) is 0.634. The third kappa shape index (κ3) is 3.83. The van der Waals surface area contributed by atoms with E-state index in [1.54, 1.807) is 6.26 Å². The molecule has 138 valence electrons. The van der Waals surface area contributed by atoms with Crippen molar-refractivity contribution in [2.45, 2.75) is 11.6 Å². The van der Waals surface area contributed by atoms with Gasteiger partial charge in [-0.25, -0.2) is 0 Å². The minimum absolute atomic E-state index is 0.117. The summed E-state index contributed by atoms with van der Waals surface area (Å²) < 4.78 is 7.21. The zero-order chi connectivity index (χ0) is 18.6. The number of thioether (sulfide) groups is 1. The number of nitrogens with zero attached hydrogens (tertiary/aromatic N) is 4. The summed E-state index contributed by atoms with van der Waals surface area (Å²) in [6, 6.07) is 14.0. The van der Waals surface area contributed by atoms with Crippen LogP contribution >= 0.6 is 11.8 Å². The van der Waals surface area contributed by atoms with Crippen molar-refractivity contribution in [3.8, 4) is 11.6 Å². The normalized spacial score (nSPS) is 14.3. The van der Waals surface area contributed by atoms with E-state index in [1.807, 2.05) is 46.8 Å². The first-order valence-corrected chi connectivity index (χ1v) is 9.79. The second-order valence-corrected chi connectivity index (χ2v) is 7.26. The van der Waals surface area contributed by atoms with Crippen LogP contribution in [0, 0.1) is 0 Å². The van der Waals surface area contributed by atoms with Crippen molar-refractivity contribution in [2.75, 3.05) is 18.8 Å². The molecule has 7 heteroatoms. The average Bonchev–Trinajstić information content (AvgIpc) is 3.37. The molecule has 0 saturated carbocycles. The SMILES string of the molecule is Cn1c(SCC(=O)N2CC=C(c3ccccc3)CC2)nnc1-c1ccco1. The molecule has 1 aliphatic heterocycles. The summed E-state index contributed by atoms with van der Waals surface area (Å²) in [5.74, 6) is 1.78. The molecule has 0 aliphatic carbocycles. The summed E-state index contributed by atoms with van der Waals surface area (Å²) in [6.45, 7) is 1.40. The zero-order valence-corrected chi connectivity index (χ0v) is 15.9. The van der Waals surface area contributed by atoms with Crippen LogP contribution in [0.1, 0.15) is 12.0 Å². The van der Waals surface area contributed by atoms with Crippen molar-refractivity contribution in [1.82, 2.24) is 19.7 Å². The molecule has 2 aromatic heterocycles. The van der Waals surface area contributed by atoms with Gasteiger partial charge in [-0.1, -0.05) is 48.2 Å². The molecule has 0 N–H and O–H groups in total. The van der Waals surface area contributed by atoms with Crippen LogP contribution in [0.5, 0.6) is 0 Å². The van der Waals surface area contributed by atoms with E-state index in [1.165, 1.54) is 22.9 Å². The summed E-state index contributed by atoms with van der Waals surface area (Å²) in [5.41, 5.74) is 2.55. The van der Waals surface area contributed by atoms with Crippen molar-refractivity contribution in [1.29, 1.82) is 0 Å². The maximum absolute atomic E-state index is 12.6. The molecule has 4 rings (SSSR count). The van der Waals surface area contributed by atoms with Crippen LogP contribution in [-0.2, 0) is 11.8 Å². The fourth-order valence-electron chi connectivity index (χ4n) is 3.09. The molecular formula is C20H20N4O2S. The van der Waals surface area contributed by atoms with E-state index in [-0.39, 0.29) is 5.91 Å². The van der Waals surface area contributed by atoms with Gasteiger partial charge in [-0.15, -0.1) is 10.2 Å². The lowest BCUT2D eigenvalue weighted by Gasteiger charge is -2.26. The van der Waals surface area contributed by atoms with Crippen molar-refractivity contribution >= 4 is 23.2 Å². The zero-order valence-electron chi connectivity index (χ0n) is 15.0. The van der Waals surface area contributed by atoms with Crippen LogP contribution in [0.25, 0.3) is 17.2 Å². The van der Waals surface area contributed by atoms with E-state index in [9.17, 15) is 4.79 Å². The van der Waals surface area contributed by atoms with Crippen LogP contribution in [-0.4, -0.2) is 44.4 Å². The molecule has 6 nitrogen and oxygen atoms in total. The Balaban J connectivity index is 1.35. The van der Waals surface area contributed by atoms with Crippen LogP contribution in [0.4, 0.5) is 0 Å². The average molecular weight is 380 g/mol. The number of hydrogen-bond acceptors (Lipinski definition) is 5. The predicted octanol–water partition coefficient (Wildman–Crippen LogP) is 3.48. The van der Waals surface area contributed by atoms with Gasteiger partial charge in [0.2, 0.25) is 5.91 Å². The van der Waals surface area contributed by atoms with Gasteiger partial charge < -0.3 is 13.9 Å². The predicted molar refractivity (Wildman–Crippen MR) is 105 cm³/mol. The van der Waals surface area contributed by atoms with Gasteiger partial charge in [-0.05, 0) is 29.7 Å². The Morgan fingerprint density at radius 3 is 2.74 bits per heavy atom. The van der Waals surface area contributed by atoms with Gasteiger partial charge >= 0.3 is 0 Å². The summed E-state index contributed by atoms with van der Waals surface area (Å²) in [5, 5.41) is 9.03. The van der Waals surface area contributed by atoms with Crippen molar-refractivity contribution in [3.05, 3.63) is 60.4 Å². The standard InChI is InChI=1S/C20H20N4O2S/c1-23-19(17-8-5-13-26-17)21-22-20(23)27-14-18(25)24-11-9-16(10-12-24)15-6-3-2-4-7-15/h2-9,13H,10-12,14H2,1H3. The highest BCUT2D eigenvalue weighted by Crippen LogP contribution is 2.25. The maximum Gasteiger partial charge on any atom is 0.233 e. The number of aromatic nitrogens is 3. The molecule has 0 atom stereocenters. The second kappa shape index (κ2) is 7.84. The third-order valence-electron chi connectivity index (χ3n) is 4.61. The van der Waals surface area contributed by atoms with E-state index in [4.69, 9.17) is 4.42 Å². The van der Waals surface area contributed by atoms with Gasteiger partial charge in [0.05, 0.1) is 12.0 Å². The molecule has 0 radical (unpaired) electrons. The van der Waals surface area contributed by atoms with Gasteiger partial charge in [-0.3, -0.25) is 4.79 Å². The highest BCUT2D eigenvalue weighted by atomic mass is 32.2. The van der Waals surface area contributed by atoms with Crippen LogP contribution in [0.3, 0.4) is 0 Å². The Bertz CT molecular complexity index is 948. The largest absolute Gasteiger partial charge is 0.461 e. The molecule has 0 saturated heterocycles. The van der Waals surface area contributed by atoms with Gasteiger partial charge in [0.1, 0.15) is 0 Å². The first kappa shape index (κ1) is 17.6. The van der Waals surface area contributed by atoms with Gasteiger partial charge in [-0.2, -0.15) is 0 Å². The van der Waals surface area contributed by atoms with Gasteiger partial charge in [0, 0.05) is 20.1 Å². The van der Waals surface area contributed by atoms with E-state index in [2.05, 4.69) is 28.4 Å². The number of carbonyl (C=O) groups excluding carboxylic acids is 1. The molecule has 3 heterocycles. The van der Waals surface area contributed by atoms with Crippen molar-refractivity contribution in [2.24, 2.45) is 7.05 Å². The van der Waals surface area contributed by atoms with Crippen LogP contribution in [0.15, 0.2) is 64.4 Å². The highest BCUT2D eigenvalue weighted by molar-refractivity contribution is 7.99. The topological polar surface area (TPSA) is 64.2 Å². The van der Waals surface area contributed by atoms with E-state index in [0.717, 1.165) is 13.0 Å². The molecule has 0 bridgehead atoms. The van der Waals surface area contributed by atoms with Gasteiger partial charge in [0.25, 0.3) is 0 Å². The molecule has 1 amide bonds. The smallest absolute Gasteiger partial charge is 0.233 e. The molecule has 3 aromatic rings. The lowest BCUT2D eigenvalue weighted by atomic mass is 10.00. The lowest BCUT2D eigenvalue weighted by molar-refractivity contribution is -0.127. The third-order valence-corrected chi connectivity index (χ3v) is 5.61. The molecule has 1 aliphatic rings. The number of carbonyl (C=O) groups is 1. The monoisotopic (exact) mass is 380 g/mol. The molecule has 0 spiro atoms. The Hall–Kier alpha value is -2.80. The number of furan rings is 1. The van der Waals surface area contributed by atoms with E-state index in [0.29, 0.717) is 29.0 Å². The Kier molecular flexibility index (Phi) is 5.11. The Morgan fingerprint density at radius 1 is 1.19 bits per heavy atom. The molecule has 0 fully saturated rings. The van der Waals surface area contributed by atoms with Crippen molar-refractivity contribution in [3.63, 3.8) is 0 Å². The minimum atomic E-state index is 0.117. The summed E-state index contributed by atoms with van der Waals surface area (Å²) >= 11 is 1.40. The number of benzene rings is 1. The Labute approximate surface area is 161 Å². The Morgan fingerprint density at radius 2 is 2.04 bits per heavy atom. The minimum Gasteiger partial charge on any atom is -0.461 e. The molecule has 27 heavy (non-hydrogen) atoms. The van der Waals surface area contributed by atoms with Crippen LogP contribution in [0.2, 0.25) is 0 Å². The lowest BCUT2D eigenvalue weighted by Crippen LogP contribution is -2.35. The van der Waals surface area contributed by atoms with E-state index < -0.39 is 0 Å². The summed E-state index contributed by atoms with van der Waals surface area (Å²) in [7, 11) is 1.88. The fraction of sp³-hybridized carbons (Fsp3) is 0.250. The molecule has 1 aromatic carbocycles. The number of rotatable bonds is 5.